The molecule has 0 atom stereocenters. The van der Waals surface area contributed by atoms with Crippen LogP contribution >= 0.6 is 50.1 Å². The fourth-order valence-corrected chi connectivity index (χ4v) is 3.11. The average molecular weight is 453 g/mol. The Morgan fingerprint density at radius 2 is 1.95 bits per heavy atom. The van der Waals surface area contributed by atoms with Crippen LogP contribution in [-0.4, -0.2) is 0 Å². The van der Waals surface area contributed by atoms with Gasteiger partial charge in [-0.25, -0.2) is 0 Å². The summed E-state index contributed by atoms with van der Waals surface area (Å²) in [5, 5.41) is 0.710. The molecule has 0 aliphatic heterocycles. The molecule has 2 aromatic carbocycles. The zero-order valence-corrected chi connectivity index (χ0v) is 14.5. The molecule has 19 heavy (non-hydrogen) atoms. The molecule has 2 rings (SSSR count). The van der Waals surface area contributed by atoms with Crippen molar-refractivity contribution in [2.24, 2.45) is 5.73 Å². The molecule has 0 bridgehead atoms. The van der Waals surface area contributed by atoms with E-state index in [2.05, 4.69) is 38.5 Å². The van der Waals surface area contributed by atoms with E-state index in [1.165, 1.54) is 0 Å². The predicted molar refractivity (Wildman–Crippen MR) is 90.5 cm³/mol. The van der Waals surface area contributed by atoms with E-state index < -0.39 is 0 Å². The first-order valence-electron chi connectivity index (χ1n) is 5.65. The third-order valence-corrected chi connectivity index (χ3v) is 4.24. The molecule has 0 amide bonds. The Morgan fingerprint density at radius 3 is 2.63 bits per heavy atom. The van der Waals surface area contributed by atoms with Crippen LogP contribution in [0.2, 0.25) is 5.02 Å². The van der Waals surface area contributed by atoms with Crippen molar-refractivity contribution in [1.82, 2.24) is 0 Å². The Labute approximate surface area is 139 Å². The first-order chi connectivity index (χ1) is 9.10. The van der Waals surface area contributed by atoms with E-state index in [1.54, 1.807) is 0 Å². The van der Waals surface area contributed by atoms with Gasteiger partial charge in [-0.3, -0.25) is 0 Å². The summed E-state index contributed by atoms with van der Waals surface area (Å²) >= 11 is 11.6. The van der Waals surface area contributed by atoms with Gasteiger partial charge in [0.25, 0.3) is 0 Å². The lowest BCUT2D eigenvalue weighted by molar-refractivity contribution is 0.302. The van der Waals surface area contributed by atoms with Crippen molar-refractivity contribution in [3.8, 4) is 5.75 Å². The van der Waals surface area contributed by atoms with Crippen LogP contribution in [-0.2, 0) is 13.2 Å². The molecule has 0 saturated carbocycles. The van der Waals surface area contributed by atoms with Gasteiger partial charge in [0.15, 0.2) is 0 Å². The lowest BCUT2D eigenvalue weighted by Crippen LogP contribution is -2.05. The SMILES string of the molecule is NCc1ccc(Br)cc1COc1ccc(Cl)cc1I. The number of ether oxygens (including phenoxy) is 1. The van der Waals surface area contributed by atoms with Gasteiger partial charge < -0.3 is 10.5 Å². The summed E-state index contributed by atoms with van der Waals surface area (Å²) < 4.78 is 7.85. The zero-order valence-electron chi connectivity index (χ0n) is 10.00. The molecule has 0 spiro atoms. The lowest BCUT2D eigenvalue weighted by Gasteiger charge is -2.12. The largest absolute Gasteiger partial charge is 0.488 e. The van der Waals surface area contributed by atoms with Gasteiger partial charge in [0, 0.05) is 16.0 Å². The van der Waals surface area contributed by atoms with Crippen molar-refractivity contribution in [2.45, 2.75) is 13.2 Å². The molecule has 0 aromatic heterocycles. The third kappa shape index (κ3) is 4.08. The van der Waals surface area contributed by atoms with Crippen molar-refractivity contribution < 1.29 is 4.74 Å². The van der Waals surface area contributed by atoms with E-state index >= 15 is 0 Å². The molecule has 0 radical (unpaired) electrons. The van der Waals surface area contributed by atoms with Gasteiger partial charge in [0.2, 0.25) is 0 Å². The Balaban J connectivity index is 2.16. The highest BCUT2D eigenvalue weighted by molar-refractivity contribution is 14.1. The second kappa shape index (κ2) is 6.92. The van der Waals surface area contributed by atoms with Gasteiger partial charge in [-0.05, 0) is 64.0 Å². The Kier molecular flexibility index (Phi) is 5.50. The average Bonchev–Trinajstić information content (AvgIpc) is 2.38. The van der Waals surface area contributed by atoms with Crippen LogP contribution in [0.5, 0.6) is 5.75 Å². The first kappa shape index (κ1) is 15.1. The summed E-state index contributed by atoms with van der Waals surface area (Å²) in [7, 11) is 0. The van der Waals surface area contributed by atoms with E-state index in [1.807, 2.05) is 36.4 Å². The number of hydrogen-bond donors (Lipinski definition) is 1. The van der Waals surface area contributed by atoms with Gasteiger partial charge in [-0.15, -0.1) is 0 Å². The van der Waals surface area contributed by atoms with Crippen molar-refractivity contribution in [3.63, 3.8) is 0 Å². The molecule has 0 heterocycles. The van der Waals surface area contributed by atoms with Crippen LogP contribution in [0.15, 0.2) is 40.9 Å². The standard InChI is InChI=1S/C14H12BrClINO/c15-11-2-1-9(7-18)10(5-11)8-19-14-4-3-12(16)6-13(14)17/h1-6H,7-8,18H2. The lowest BCUT2D eigenvalue weighted by atomic mass is 10.1. The molecule has 2 N–H and O–H groups in total. The highest BCUT2D eigenvalue weighted by Crippen LogP contribution is 2.26. The van der Waals surface area contributed by atoms with Crippen LogP contribution in [0, 0.1) is 3.57 Å². The first-order valence-corrected chi connectivity index (χ1v) is 7.90. The molecule has 0 saturated heterocycles. The molecule has 100 valence electrons. The van der Waals surface area contributed by atoms with Crippen LogP contribution in [0.3, 0.4) is 0 Å². The van der Waals surface area contributed by atoms with E-state index in [0.29, 0.717) is 18.2 Å². The minimum absolute atomic E-state index is 0.490. The molecular weight excluding hydrogens is 440 g/mol. The summed E-state index contributed by atoms with van der Waals surface area (Å²) in [4.78, 5) is 0. The maximum atomic E-state index is 5.92. The maximum absolute atomic E-state index is 5.92. The normalized spacial score (nSPS) is 10.5. The van der Waals surface area contributed by atoms with Crippen LogP contribution in [0.4, 0.5) is 0 Å². The molecule has 0 aliphatic rings. The maximum Gasteiger partial charge on any atom is 0.133 e. The van der Waals surface area contributed by atoms with Gasteiger partial charge >= 0.3 is 0 Å². The summed E-state index contributed by atoms with van der Waals surface area (Å²) in [5.74, 6) is 0.827. The molecule has 2 nitrogen and oxygen atoms in total. The fourth-order valence-electron chi connectivity index (χ4n) is 1.68. The molecule has 0 unspecified atom stereocenters. The molecule has 0 aliphatic carbocycles. The third-order valence-electron chi connectivity index (χ3n) is 2.67. The minimum Gasteiger partial charge on any atom is -0.488 e. The smallest absolute Gasteiger partial charge is 0.133 e. The van der Waals surface area contributed by atoms with E-state index in [-0.39, 0.29) is 0 Å². The summed E-state index contributed by atoms with van der Waals surface area (Å²) in [6.07, 6.45) is 0. The number of benzene rings is 2. The number of hydrogen-bond acceptors (Lipinski definition) is 2. The van der Waals surface area contributed by atoms with E-state index in [9.17, 15) is 0 Å². The summed E-state index contributed by atoms with van der Waals surface area (Å²) in [6.45, 7) is 0.993. The minimum atomic E-state index is 0.490. The molecule has 0 fully saturated rings. The van der Waals surface area contributed by atoms with Gasteiger partial charge in [-0.2, -0.15) is 0 Å². The monoisotopic (exact) mass is 451 g/mol. The predicted octanol–water partition coefficient (Wildman–Crippen LogP) is 4.74. The Hall–Kier alpha value is -0.300. The van der Waals surface area contributed by atoms with Crippen molar-refractivity contribution >= 4 is 50.1 Å². The van der Waals surface area contributed by atoms with Crippen LogP contribution in [0.1, 0.15) is 11.1 Å². The van der Waals surface area contributed by atoms with Gasteiger partial charge in [0.1, 0.15) is 12.4 Å². The van der Waals surface area contributed by atoms with Crippen LogP contribution < -0.4 is 10.5 Å². The molecule has 2 aromatic rings. The van der Waals surface area contributed by atoms with Crippen LogP contribution in [0.25, 0.3) is 0 Å². The quantitative estimate of drug-likeness (QED) is 0.680. The van der Waals surface area contributed by atoms with E-state index in [0.717, 1.165) is 24.9 Å². The highest BCUT2D eigenvalue weighted by atomic mass is 127. The van der Waals surface area contributed by atoms with Crippen molar-refractivity contribution in [1.29, 1.82) is 0 Å². The van der Waals surface area contributed by atoms with Gasteiger partial charge in [0.05, 0.1) is 3.57 Å². The van der Waals surface area contributed by atoms with E-state index in [4.69, 9.17) is 22.1 Å². The second-order valence-corrected chi connectivity index (χ2v) is 6.49. The highest BCUT2D eigenvalue weighted by Gasteiger charge is 2.06. The topological polar surface area (TPSA) is 35.2 Å². The zero-order chi connectivity index (χ0) is 13.8. The fraction of sp³-hybridized carbons (Fsp3) is 0.143. The summed E-state index contributed by atoms with van der Waals surface area (Å²) in [6, 6.07) is 11.6. The summed E-state index contributed by atoms with van der Waals surface area (Å²) in [5.41, 5.74) is 7.91. The second-order valence-electron chi connectivity index (χ2n) is 3.98. The van der Waals surface area contributed by atoms with Crippen molar-refractivity contribution in [2.75, 3.05) is 0 Å². The Bertz CT molecular complexity index is 592. The number of rotatable bonds is 4. The molecular formula is C14H12BrClINO. The van der Waals surface area contributed by atoms with Gasteiger partial charge in [-0.1, -0.05) is 33.6 Å². The Morgan fingerprint density at radius 1 is 1.16 bits per heavy atom. The molecule has 5 heteroatoms. The number of nitrogens with two attached hydrogens (primary N) is 1. The van der Waals surface area contributed by atoms with Crippen molar-refractivity contribution in [3.05, 3.63) is 60.6 Å². The number of halogens is 3.